The molecule has 3 aromatic rings. The summed E-state index contributed by atoms with van der Waals surface area (Å²) in [4.78, 5) is 42.5. The van der Waals surface area contributed by atoms with Crippen LogP contribution in [-0.4, -0.2) is 34.4 Å². The molecule has 3 rings (SSSR count). The number of carbonyl (C=O) groups excluding carboxylic acids is 2. The fourth-order valence-corrected chi connectivity index (χ4v) is 4.90. The lowest BCUT2D eigenvalue weighted by Gasteiger charge is -2.13. The molecule has 0 atom stereocenters. The minimum atomic E-state index is -0.925. The number of nitrogens with zero attached hydrogens (tertiary/aromatic N) is 2. The minimum absolute atomic E-state index is 0.115. The van der Waals surface area contributed by atoms with Gasteiger partial charge in [-0.1, -0.05) is 24.8 Å². The van der Waals surface area contributed by atoms with Gasteiger partial charge in [0.2, 0.25) is 5.91 Å². The van der Waals surface area contributed by atoms with E-state index in [2.05, 4.69) is 4.98 Å². The molecule has 10 heteroatoms. The second-order valence-electron chi connectivity index (χ2n) is 6.12. The summed E-state index contributed by atoms with van der Waals surface area (Å²) in [5.41, 5.74) is 6.27. The number of nitrogens with two attached hydrogens (primary N) is 1. The van der Waals surface area contributed by atoms with Crippen molar-refractivity contribution >= 4 is 45.3 Å². The van der Waals surface area contributed by atoms with E-state index in [9.17, 15) is 14.4 Å². The van der Waals surface area contributed by atoms with Crippen molar-refractivity contribution in [2.75, 3.05) is 12.9 Å². The Morgan fingerprint density at radius 1 is 1.38 bits per heavy atom. The van der Waals surface area contributed by atoms with E-state index < -0.39 is 11.9 Å². The normalized spacial score (nSPS) is 10.9. The Balaban J connectivity index is 2.17. The van der Waals surface area contributed by atoms with E-state index in [0.717, 1.165) is 28.6 Å². The molecule has 0 saturated heterocycles. The van der Waals surface area contributed by atoms with Crippen molar-refractivity contribution in [3.05, 3.63) is 45.1 Å². The maximum absolute atomic E-state index is 13.4. The number of imide groups is 1. The molecular weight excluding hydrogens is 412 g/mol. The van der Waals surface area contributed by atoms with E-state index in [1.54, 1.807) is 31.4 Å². The number of rotatable bonds is 6. The van der Waals surface area contributed by atoms with Crippen LogP contribution in [0.2, 0.25) is 0 Å². The van der Waals surface area contributed by atoms with Gasteiger partial charge in [-0.2, -0.15) is 0 Å². The number of carbonyl (C=O) groups is 2. The molecule has 1 aromatic carbocycles. The summed E-state index contributed by atoms with van der Waals surface area (Å²) in [5, 5.41) is 2.93. The van der Waals surface area contributed by atoms with Crippen molar-refractivity contribution in [1.29, 1.82) is 0 Å². The second kappa shape index (κ2) is 8.66. The maximum Gasteiger partial charge on any atom is 0.318 e. The van der Waals surface area contributed by atoms with Gasteiger partial charge in [-0.25, -0.2) is 9.78 Å². The van der Waals surface area contributed by atoms with Crippen LogP contribution in [0.1, 0.15) is 17.4 Å². The lowest BCUT2D eigenvalue weighted by molar-refractivity contribution is -0.117. The van der Waals surface area contributed by atoms with Gasteiger partial charge < -0.3 is 10.5 Å². The molecule has 2 heterocycles. The van der Waals surface area contributed by atoms with Gasteiger partial charge in [0.1, 0.15) is 10.6 Å². The fraction of sp³-hybridized carbons (Fsp3) is 0.263. The van der Waals surface area contributed by atoms with E-state index in [1.807, 2.05) is 19.2 Å². The number of urea groups is 1. The first-order valence-electron chi connectivity index (χ1n) is 8.77. The summed E-state index contributed by atoms with van der Waals surface area (Å²) < 4.78 is 6.74. The van der Waals surface area contributed by atoms with Crippen molar-refractivity contribution in [2.45, 2.75) is 25.4 Å². The first-order valence-corrected chi connectivity index (χ1v) is 10.6. The Morgan fingerprint density at radius 2 is 2.14 bits per heavy atom. The number of methoxy groups -OCH3 is 1. The number of hydrogen-bond acceptors (Lipinski definition) is 7. The molecule has 8 nitrogen and oxygen atoms in total. The molecule has 3 N–H and O–H groups in total. The van der Waals surface area contributed by atoms with Crippen LogP contribution in [-0.2, 0) is 11.2 Å². The molecule has 0 radical (unpaired) electrons. The molecular formula is C19H20N4O4S2. The lowest BCUT2D eigenvalue weighted by Crippen LogP contribution is -2.36. The number of fused-ring (bicyclic) bond motifs is 1. The zero-order valence-corrected chi connectivity index (χ0v) is 17.8. The van der Waals surface area contributed by atoms with Crippen LogP contribution in [0.25, 0.3) is 15.9 Å². The Morgan fingerprint density at radius 3 is 2.79 bits per heavy atom. The van der Waals surface area contributed by atoms with Crippen LogP contribution in [0, 0.1) is 6.92 Å². The minimum Gasteiger partial charge on any atom is -0.497 e. The summed E-state index contributed by atoms with van der Waals surface area (Å²) in [6.07, 6.45) is 0.801. The van der Waals surface area contributed by atoms with Gasteiger partial charge >= 0.3 is 6.03 Å². The summed E-state index contributed by atoms with van der Waals surface area (Å²) in [6.45, 7) is 3.95. The number of hydrogen-bond donors (Lipinski definition) is 2. The molecule has 3 amide bonds. The number of thiophene rings is 1. The zero-order valence-electron chi connectivity index (χ0n) is 16.1. The average Bonchev–Trinajstić information content (AvgIpc) is 3.01. The van der Waals surface area contributed by atoms with Crippen molar-refractivity contribution in [3.8, 4) is 11.4 Å². The molecule has 0 unspecified atom stereocenters. The van der Waals surface area contributed by atoms with Crippen LogP contribution < -0.4 is 21.3 Å². The molecule has 0 spiro atoms. The predicted octanol–water partition coefficient (Wildman–Crippen LogP) is 2.61. The van der Waals surface area contributed by atoms with Gasteiger partial charge in [0.25, 0.3) is 5.56 Å². The lowest BCUT2D eigenvalue weighted by atomic mass is 10.2. The highest BCUT2D eigenvalue weighted by atomic mass is 32.2. The highest BCUT2D eigenvalue weighted by Crippen LogP contribution is 2.31. The first-order chi connectivity index (χ1) is 13.8. The fourth-order valence-electron chi connectivity index (χ4n) is 2.93. The number of ether oxygens (including phenoxy) is 1. The number of amides is 3. The van der Waals surface area contributed by atoms with Crippen LogP contribution in [0.3, 0.4) is 0 Å². The predicted molar refractivity (Wildman–Crippen MR) is 114 cm³/mol. The summed E-state index contributed by atoms with van der Waals surface area (Å²) in [5.74, 6) is -0.0885. The van der Waals surface area contributed by atoms with E-state index >= 15 is 0 Å². The SMILES string of the molecule is CCc1sc2nc(SCC(=O)NC(N)=O)n(-c3cccc(OC)c3)c(=O)c2c1C. The number of aromatic nitrogens is 2. The van der Waals surface area contributed by atoms with Crippen molar-refractivity contribution in [2.24, 2.45) is 5.73 Å². The van der Waals surface area contributed by atoms with Gasteiger partial charge in [0, 0.05) is 10.9 Å². The Kier molecular flexibility index (Phi) is 6.23. The molecule has 0 aliphatic carbocycles. The number of aryl methyl sites for hydroxylation is 2. The smallest absolute Gasteiger partial charge is 0.318 e. The molecule has 0 bridgehead atoms. The first kappa shape index (κ1) is 20.9. The van der Waals surface area contributed by atoms with Crippen molar-refractivity contribution in [1.82, 2.24) is 14.9 Å². The number of primary amides is 1. The second-order valence-corrected chi connectivity index (χ2v) is 8.15. The Labute approximate surface area is 175 Å². The molecule has 29 heavy (non-hydrogen) atoms. The molecule has 152 valence electrons. The molecule has 0 aliphatic heterocycles. The van der Waals surface area contributed by atoms with Crippen molar-refractivity contribution in [3.63, 3.8) is 0 Å². The van der Waals surface area contributed by atoms with E-state index in [-0.39, 0.29) is 11.3 Å². The molecule has 0 fully saturated rings. The van der Waals surface area contributed by atoms with E-state index in [1.165, 1.54) is 15.9 Å². The quantitative estimate of drug-likeness (QED) is 0.457. The summed E-state index contributed by atoms with van der Waals surface area (Å²) in [7, 11) is 1.55. The highest BCUT2D eigenvalue weighted by molar-refractivity contribution is 7.99. The van der Waals surface area contributed by atoms with Crippen molar-refractivity contribution < 1.29 is 14.3 Å². The van der Waals surface area contributed by atoms with Gasteiger partial charge in [-0.05, 0) is 31.0 Å². The third kappa shape index (κ3) is 4.28. The van der Waals surface area contributed by atoms with Gasteiger partial charge in [-0.3, -0.25) is 19.5 Å². The molecule has 2 aromatic heterocycles. The Hall–Kier alpha value is -2.85. The van der Waals surface area contributed by atoms with Gasteiger partial charge in [-0.15, -0.1) is 11.3 Å². The summed E-state index contributed by atoms with van der Waals surface area (Å²) >= 11 is 2.53. The van der Waals surface area contributed by atoms with Crippen LogP contribution in [0.5, 0.6) is 5.75 Å². The third-order valence-electron chi connectivity index (χ3n) is 4.26. The maximum atomic E-state index is 13.4. The highest BCUT2D eigenvalue weighted by Gasteiger charge is 2.20. The largest absolute Gasteiger partial charge is 0.497 e. The number of thioether (sulfide) groups is 1. The molecule has 0 saturated carbocycles. The third-order valence-corrected chi connectivity index (χ3v) is 6.53. The van der Waals surface area contributed by atoms with Crippen LogP contribution in [0.4, 0.5) is 4.79 Å². The van der Waals surface area contributed by atoms with E-state index in [4.69, 9.17) is 10.5 Å². The number of nitrogens with one attached hydrogen (secondary N) is 1. The topological polar surface area (TPSA) is 116 Å². The summed E-state index contributed by atoms with van der Waals surface area (Å²) in [6, 6.07) is 6.12. The average molecular weight is 433 g/mol. The zero-order chi connectivity index (χ0) is 21.1. The van der Waals surface area contributed by atoms with Gasteiger partial charge in [0.15, 0.2) is 5.16 Å². The van der Waals surface area contributed by atoms with Crippen LogP contribution in [0.15, 0.2) is 34.2 Å². The number of benzene rings is 1. The standard InChI is InChI=1S/C19H20N4O4S2/c1-4-13-10(2)15-16(29-13)22-19(28-9-14(24)21-18(20)26)23(17(15)25)11-6-5-7-12(8-11)27-3/h5-8H,4,9H2,1-3H3,(H3,20,21,24,26). The van der Waals surface area contributed by atoms with Gasteiger partial charge in [0.05, 0.1) is 23.9 Å². The van der Waals surface area contributed by atoms with E-state index in [0.29, 0.717) is 26.8 Å². The monoisotopic (exact) mass is 432 g/mol. The molecule has 0 aliphatic rings. The van der Waals surface area contributed by atoms with Crippen LogP contribution >= 0.6 is 23.1 Å². The Bertz CT molecular complexity index is 1150.